The Labute approximate surface area is 99.2 Å². The largest absolute Gasteiger partial charge is 0.384 e. The number of hydrogen-bond donors (Lipinski definition) is 2. The minimum atomic E-state index is -0.923. The van der Waals surface area contributed by atoms with E-state index in [0.717, 1.165) is 13.0 Å². The van der Waals surface area contributed by atoms with Gasteiger partial charge in [0.15, 0.2) is 0 Å². The summed E-state index contributed by atoms with van der Waals surface area (Å²) in [4.78, 5) is 0. The Kier molecular flexibility index (Phi) is 3.21. The lowest BCUT2D eigenvalue weighted by Gasteiger charge is -2.34. The molecule has 1 atom stereocenters. The summed E-state index contributed by atoms with van der Waals surface area (Å²) in [5, 5.41) is 14.7. The number of rotatable bonds is 1. The number of halogens is 2. The van der Waals surface area contributed by atoms with Crippen LogP contribution in [0.4, 0.5) is 0 Å². The molecule has 0 spiro atoms. The van der Waals surface area contributed by atoms with Gasteiger partial charge in [-0.3, -0.25) is 0 Å². The van der Waals surface area contributed by atoms with Crippen molar-refractivity contribution in [3.05, 3.63) is 33.8 Å². The van der Waals surface area contributed by atoms with E-state index in [-0.39, 0.29) is 0 Å². The second kappa shape index (κ2) is 4.30. The van der Waals surface area contributed by atoms with Gasteiger partial charge in [0.2, 0.25) is 0 Å². The van der Waals surface area contributed by atoms with E-state index in [1.165, 1.54) is 0 Å². The van der Waals surface area contributed by atoms with Crippen LogP contribution in [0, 0.1) is 0 Å². The highest BCUT2D eigenvalue weighted by Gasteiger charge is 2.34. The van der Waals surface area contributed by atoms with Crippen LogP contribution in [0.25, 0.3) is 0 Å². The molecule has 1 aliphatic rings. The van der Waals surface area contributed by atoms with E-state index in [9.17, 15) is 5.11 Å². The van der Waals surface area contributed by atoms with Crippen molar-refractivity contribution in [2.24, 2.45) is 0 Å². The molecular formula is C11H13Cl2NO. The van der Waals surface area contributed by atoms with Crippen molar-refractivity contribution in [2.45, 2.75) is 18.4 Å². The summed E-state index contributed by atoms with van der Waals surface area (Å²) < 4.78 is 0. The van der Waals surface area contributed by atoms with Crippen molar-refractivity contribution >= 4 is 23.2 Å². The molecule has 0 aliphatic carbocycles. The highest BCUT2D eigenvalue weighted by Crippen LogP contribution is 2.37. The molecule has 1 heterocycles. The van der Waals surface area contributed by atoms with Crippen molar-refractivity contribution in [2.75, 3.05) is 13.1 Å². The van der Waals surface area contributed by atoms with Crippen LogP contribution in [0.1, 0.15) is 18.4 Å². The third kappa shape index (κ3) is 2.13. The van der Waals surface area contributed by atoms with Crippen LogP contribution in [-0.4, -0.2) is 18.2 Å². The van der Waals surface area contributed by atoms with Crippen molar-refractivity contribution in [1.29, 1.82) is 0 Å². The van der Waals surface area contributed by atoms with E-state index in [1.807, 2.05) is 0 Å². The molecule has 0 amide bonds. The van der Waals surface area contributed by atoms with Gasteiger partial charge in [-0.25, -0.2) is 0 Å². The first kappa shape index (κ1) is 11.2. The van der Waals surface area contributed by atoms with E-state index in [2.05, 4.69) is 5.32 Å². The third-order valence-electron chi connectivity index (χ3n) is 2.79. The lowest BCUT2D eigenvalue weighted by molar-refractivity contribution is 0.0125. The molecule has 1 fully saturated rings. The molecule has 1 aliphatic heterocycles. The fraction of sp³-hybridized carbons (Fsp3) is 0.455. The normalized spacial score (nSPS) is 26.6. The summed E-state index contributed by atoms with van der Waals surface area (Å²) in [5.74, 6) is 0. The fourth-order valence-corrected chi connectivity index (χ4v) is 2.79. The summed E-state index contributed by atoms with van der Waals surface area (Å²) in [7, 11) is 0. The molecule has 1 unspecified atom stereocenters. The van der Waals surface area contributed by atoms with Crippen molar-refractivity contribution in [3.8, 4) is 0 Å². The van der Waals surface area contributed by atoms with Gasteiger partial charge in [-0.2, -0.15) is 0 Å². The van der Waals surface area contributed by atoms with Gasteiger partial charge in [0.25, 0.3) is 0 Å². The van der Waals surface area contributed by atoms with E-state index in [4.69, 9.17) is 23.2 Å². The highest BCUT2D eigenvalue weighted by atomic mass is 35.5. The average Bonchev–Trinajstić information content (AvgIpc) is 2.18. The molecule has 2 nitrogen and oxygen atoms in total. The monoisotopic (exact) mass is 245 g/mol. The summed E-state index contributed by atoms with van der Waals surface area (Å²) >= 11 is 12.2. The number of aliphatic hydroxyl groups is 1. The number of nitrogens with one attached hydrogen (secondary N) is 1. The minimum Gasteiger partial charge on any atom is -0.384 e. The fourth-order valence-electron chi connectivity index (χ4n) is 2.05. The Morgan fingerprint density at radius 1 is 1.27 bits per heavy atom. The Morgan fingerprint density at radius 2 is 1.93 bits per heavy atom. The zero-order chi connectivity index (χ0) is 10.9. The van der Waals surface area contributed by atoms with E-state index < -0.39 is 5.60 Å². The molecule has 1 aromatic carbocycles. The maximum absolute atomic E-state index is 10.5. The number of hydrogen-bond acceptors (Lipinski definition) is 2. The Morgan fingerprint density at radius 3 is 2.47 bits per heavy atom. The second-order valence-electron chi connectivity index (χ2n) is 3.91. The molecule has 0 saturated carbocycles. The first-order valence-electron chi connectivity index (χ1n) is 5.01. The second-order valence-corrected chi connectivity index (χ2v) is 4.72. The molecule has 4 heteroatoms. The van der Waals surface area contributed by atoms with Crippen molar-refractivity contribution in [3.63, 3.8) is 0 Å². The first-order chi connectivity index (χ1) is 7.13. The molecule has 82 valence electrons. The number of benzene rings is 1. The summed E-state index contributed by atoms with van der Waals surface area (Å²) in [6, 6.07) is 5.30. The standard InChI is InChI=1S/C11H13Cl2NO/c12-8-3-1-4-9(13)10(8)11(15)5-2-6-14-7-11/h1,3-4,14-15H,2,5-7H2. The summed E-state index contributed by atoms with van der Waals surface area (Å²) in [6.45, 7) is 1.45. The predicted molar refractivity (Wildman–Crippen MR) is 62.5 cm³/mol. The Hall–Kier alpha value is -0.280. The molecule has 15 heavy (non-hydrogen) atoms. The smallest absolute Gasteiger partial charge is 0.105 e. The molecule has 0 radical (unpaired) electrons. The maximum atomic E-state index is 10.5. The van der Waals surface area contributed by atoms with Gasteiger partial charge in [-0.15, -0.1) is 0 Å². The predicted octanol–water partition coefficient (Wildman–Crippen LogP) is 2.56. The lowest BCUT2D eigenvalue weighted by atomic mass is 9.86. The summed E-state index contributed by atoms with van der Waals surface area (Å²) in [6.07, 6.45) is 1.63. The third-order valence-corrected chi connectivity index (χ3v) is 3.42. The average molecular weight is 246 g/mol. The SMILES string of the molecule is OC1(c2c(Cl)cccc2Cl)CCCNC1. The van der Waals surface area contributed by atoms with Crippen LogP contribution in [0.15, 0.2) is 18.2 Å². The van der Waals surface area contributed by atoms with E-state index in [1.54, 1.807) is 18.2 Å². The highest BCUT2D eigenvalue weighted by molar-refractivity contribution is 6.36. The quantitative estimate of drug-likeness (QED) is 0.798. The molecule has 0 bridgehead atoms. The molecule has 1 aromatic rings. The van der Waals surface area contributed by atoms with Crippen LogP contribution in [0.3, 0.4) is 0 Å². The summed E-state index contributed by atoms with van der Waals surface area (Å²) in [5.41, 5.74) is -0.270. The van der Waals surface area contributed by atoms with Gasteiger partial charge in [0.1, 0.15) is 5.60 Å². The number of piperidine rings is 1. The van der Waals surface area contributed by atoms with Crippen LogP contribution in [0.5, 0.6) is 0 Å². The van der Waals surface area contributed by atoms with Gasteiger partial charge in [0.05, 0.1) is 0 Å². The molecule has 2 rings (SSSR count). The topological polar surface area (TPSA) is 32.3 Å². The van der Waals surface area contributed by atoms with Crippen molar-refractivity contribution in [1.82, 2.24) is 5.32 Å². The molecular weight excluding hydrogens is 233 g/mol. The molecule has 0 aromatic heterocycles. The van der Waals surface area contributed by atoms with Gasteiger partial charge in [-0.05, 0) is 31.5 Å². The van der Waals surface area contributed by atoms with Crippen LogP contribution in [0.2, 0.25) is 10.0 Å². The first-order valence-corrected chi connectivity index (χ1v) is 5.77. The van der Waals surface area contributed by atoms with Crippen LogP contribution in [-0.2, 0) is 5.60 Å². The zero-order valence-corrected chi connectivity index (χ0v) is 9.78. The van der Waals surface area contributed by atoms with Crippen LogP contribution < -0.4 is 5.32 Å². The van der Waals surface area contributed by atoms with Gasteiger partial charge in [-0.1, -0.05) is 29.3 Å². The molecule has 2 N–H and O–H groups in total. The van der Waals surface area contributed by atoms with Crippen molar-refractivity contribution < 1.29 is 5.11 Å². The lowest BCUT2D eigenvalue weighted by Crippen LogP contribution is -2.43. The van der Waals surface area contributed by atoms with Crippen LogP contribution >= 0.6 is 23.2 Å². The number of β-amino-alcohol motifs (C(OH)–C–C–N with tert-alkyl or cyclic N) is 1. The van der Waals surface area contributed by atoms with Gasteiger partial charge >= 0.3 is 0 Å². The Bertz CT molecular complexity index is 341. The maximum Gasteiger partial charge on any atom is 0.105 e. The minimum absolute atomic E-state index is 0.510. The van der Waals surface area contributed by atoms with Gasteiger partial charge in [0, 0.05) is 22.2 Å². The van der Waals surface area contributed by atoms with E-state index in [0.29, 0.717) is 28.6 Å². The Balaban J connectivity index is 2.42. The molecule has 1 saturated heterocycles. The van der Waals surface area contributed by atoms with Gasteiger partial charge < -0.3 is 10.4 Å². The van der Waals surface area contributed by atoms with E-state index >= 15 is 0 Å². The zero-order valence-electron chi connectivity index (χ0n) is 8.26.